The molecule has 1 aliphatic carbocycles. The van der Waals surface area contributed by atoms with Crippen molar-refractivity contribution in [3.8, 4) is 0 Å². The normalized spacial score (nSPS) is 23.8. The average Bonchev–Trinajstić information content (AvgIpc) is 2.62. The quantitative estimate of drug-likeness (QED) is 0.713. The van der Waals surface area contributed by atoms with Gasteiger partial charge >= 0.3 is 5.97 Å². The van der Waals surface area contributed by atoms with Crippen LogP contribution in [0.3, 0.4) is 0 Å². The first-order chi connectivity index (χ1) is 12.4. The smallest absolute Gasteiger partial charge is 0.334 e. The lowest BCUT2D eigenvalue weighted by Crippen LogP contribution is -2.56. The first-order valence-electron chi connectivity index (χ1n) is 9.07. The van der Waals surface area contributed by atoms with E-state index in [-0.39, 0.29) is 24.3 Å². The average molecular weight is 359 g/mol. The van der Waals surface area contributed by atoms with Crippen LogP contribution in [0.25, 0.3) is 0 Å². The van der Waals surface area contributed by atoms with Gasteiger partial charge in [0.25, 0.3) is 0 Å². The number of likely N-dealkylation sites (tertiary alicyclic amines) is 1. The van der Waals surface area contributed by atoms with E-state index in [1.54, 1.807) is 6.07 Å². The molecule has 1 fully saturated rings. The molecule has 7 nitrogen and oxygen atoms in total. The number of amides is 2. The van der Waals surface area contributed by atoms with Crippen LogP contribution in [-0.2, 0) is 26.3 Å². The van der Waals surface area contributed by atoms with Crippen LogP contribution < -0.4 is 11.1 Å². The van der Waals surface area contributed by atoms with E-state index in [1.165, 1.54) is 0 Å². The van der Waals surface area contributed by atoms with E-state index in [1.807, 2.05) is 23.1 Å². The molecule has 0 spiro atoms. The second kappa shape index (κ2) is 7.45. The van der Waals surface area contributed by atoms with Crippen LogP contribution in [0.15, 0.2) is 24.3 Å². The van der Waals surface area contributed by atoms with E-state index in [9.17, 15) is 19.5 Å². The van der Waals surface area contributed by atoms with Crippen LogP contribution in [-0.4, -0.2) is 47.4 Å². The van der Waals surface area contributed by atoms with Gasteiger partial charge in [-0.2, -0.15) is 0 Å². The zero-order chi connectivity index (χ0) is 18.7. The molecule has 1 heterocycles. The molecule has 26 heavy (non-hydrogen) atoms. The molecule has 1 atom stereocenters. The van der Waals surface area contributed by atoms with Gasteiger partial charge in [-0.1, -0.05) is 24.3 Å². The number of aryl methyl sites for hydroxylation is 1. The van der Waals surface area contributed by atoms with Gasteiger partial charge in [-0.15, -0.1) is 0 Å². The number of nitrogens with zero attached hydrogens (tertiary/aromatic N) is 1. The maximum Gasteiger partial charge on any atom is 0.334 e. The summed E-state index contributed by atoms with van der Waals surface area (Å²) in [5.41, 5.74) is 5.54. The summed E-state index contributed by atoms with van der Waals surface area (Å²) < 4.78 is 0. The van der Waals surface area contributed by atoms with Gasteiger partial charge in [0.05, 0.1) is 6.54 Å². The Balaban J connectivity index is 1.73. The molecule has 2 amide bonds. The SMILES string of the molecule is NC(=O)CN1CCC(C(=O)N[C@@]2(C(=O)O)CCCc3ccccc32)CC1. The summed E-state index contributed by atoms with van der Waals surface area (Å²) in [6.45, 7) is 1.41. The molecule has 1 aromatic rings. The summed E-state index contributed by atoms with van der Waals surface area (Å²) in [4.78, 5) is 37.9. The van der Waals surface area contributed by atoms with Gasteiger partial charge in [0.1, 0.15) is 0 Å². The third-order valence-electron chi connectivity index (χ3n) is 5.51. The fraction of sp³-hybridized carbons (Fsp3) is 0.526. The van der Waals surface area contributed by atoms with Crippen LogP contribution in [0, 0.1) is 5.92 Å². The van der Waals surface area contributed by atoms with Gasteiger partial charge in [-0.05, 0) is 56.3 Å². The van der Waals surface area contributed by atoms with Crippen molar-refractivity contribution in [2.75, 3.05) is 19.6 Å². The molecule has 4 N–H and O–H groups in total. The van der Waals surface area contributed by atoms with Crippen molar-refractivity contribution in [1.29, 1.82) is 0 Å². The highest BCUT2D eigenvalue weighted by Crippen LogP contribution is 2.36. The Morgan fingerprint density at radius 2 is 1.92 bits per heavy atom. The number of nitrogens with two attached hydrogens (primary N) is 1. The van der Waals surface area contributed by atoms with Gasteiger partial charge < -0.3 is 16.2 Å². The summed E-state index contributed by atoms with van der Waals surface area (Å²) in [5.74, 6) is -1.85. The molecule has 1 saturated heterocycles. The first-order valence-corrected chi connectivity index (χ1v) is 9.07. The van der Waals surface area contributed by atoms with Gasteiger partial charge in [0, 0.05) is 5.92 Å². The predicted octanol–water partition coefficient (Wildman–Crippen LogP) is 0.616. The number of carbonyl (C=O) groups is 3. The first kappa shape index (κ1) is 18.4. The maximum atomic E-state index is 12.8. The topological polar surface area (TPSA) is 113 Å². The highest BCUT2D eigenvalue weighted by molar-refractivity contribution is 5.89. The van der Waals surface area contributed by atoms with Crippen molar-refractivity contribution in [2.45, 2.75) is 37.6 Å². The van der Waals surface area contributed by atoms with E-state index >= 15 is 0 Å². The van der Waals surface area contributed by atoms with Crippen molar-refractivity contribution in [3.63, 3.8) is 0 Å². The molecular formula is C19H25N3O4. The van der Waals surface area contributed by atoms with Crippen LogP contribution in [0.5, 0.6) is 0 Å². The van der Waals surface area contributed by atoms with E-state index in [2.05, 4.69) is 5.32 Å². The number of hydrogen-bond donors (Lipinski definition) is 3. The Labute approximate surface area is 152 Å². The lowest BCUT2D eigenvalue weighted by Gasteiger charge is -2.38. The zero-order valence-corrected chi connectivity index (χ0v) is 14.7. The van der Waals surface area contributed by atoms with Gasteiger partial charge in [0.2, 0.25) is 11.8 Å². The predicted molar refractivity (Wildman–Crippen MR) is 95.2 cm³/mol. The minimum absolute atomic E-state index is 0.195. The van der Waals surface area contributed by atoms with E-state index < -0.39 is 11.5 Å². The second-order valence-corrected chi connectivity index (χ2v) is 7.23. The largest absolute Gasteiger partial charge is 0.479 e. The zero-order valence-electron chi connectivity index (χ0n) is 14.7. The number of aliphatic carboxylic acids is 1. The van der Waals surface area contributed by atoms with Gasteiger partial charge in [-0.25, -0.2) is 4.79 Å². The maximum absolute atomic E-state index is 12.8. The molecule has 7 heteroatoms. The Morgan fingerprint density at radius 3 is 2.58 bits per heavy atom. The molecule has 0 unspecified atom stereocenters. The molecular weight excluding hydrogens is 334 g/mol. The van der Waals surface area contributed by atoms with E-state index in [4.69, 9.17) is 5.73 Å². The summed E-state index contributed by atoms with van der Waals surface area (Å²) >= 11 is 0. The lowest BCUT2D eigenvalue weighted by molar-refractivity contribution is -0.150. The van der Waals surface area contributed by atoms with Crippen LogP contribution in [0.1, 0.15) is 36.8 Å². The van der Waals surface area contributed by atoms with Crippen molar-refractivity contribution in [1.82, 2.24) is 10.2 Å². The molecule has 2 aliphatic rings. The summed E-state index contributed by atoms with van der Waals surface area (Å²) in [7, 11) is 0. The second-order valence-electron chi connectivity index (χ2n) is 7.23. The monoisotopic (exact) mass is 359 g/mol. The number of hydrogen-bond acceptors (Lipinski definition) is 4. The highest BCUT2D eigenvalue weighted by atomic mass is 16.4. The van der Waals surface area contributed by atoms with Crippen molar-refractivity contribution >= 4 is 17.8 Å². The number of rotatable bonds is 5. The van der Waals surface area contributed by atoms with Crippen molar-refractivity contribution in [2.24, 2.45) is 11.7 Å². The number of benzene rings is 1. The molecule has 140 valence electrons. The molecule has 0 saturated carbocycles. The number of nitrogens with one attached hydrogen (secondary N) is 1. The number of primary amides is 1. The Kier molecular flexibility index (Phi) is 5.27. The minimum atomic E-state index is -1.35. The molecule has 3 rings (SSSR count). The Bertz CT molecular complexity index is 712. The Hall–Kier alpha value is -2.41. The molecule has 0 bridgehead atoms. The summed E-state index contributed by atoms with van der Waals surface area (Å²) in [5, 5.41) is 12.8. The molecule has 0 aromatic heterocycles. The molecule has 0 radical (unpaired) electrons. The third kappa shape index (κ3) is 3.58. The summed E-state index contributed by atoms with van der Waals surface area (Å²) in [6.07, 6.45) is 3.13. The summed E-state index contributed by atoms with van der Waals surface area (Å²) in [6, 6.07) is 7.45. The van der Waals surface area contributed by atoms with E-state index in [0.717, 1.165) is 18.4 Å². The van der Waals surface area contributed by atoms with E-state index in [0.29, 0.717) is 37.9 Å². The van der Waals surface area contributed by atoms with Crippen LogP contribution in [0.4, 0.5) is 0 Å². The number of carboxylic acid groups (broad SMARTS) is 1. The third-order valence-corrected chi connectivity index (χ3v) is 5.51. The number of carbonyl (C=O) groups excluding carboxylic acids is 2. The Morgan fingerprint density at radius 1 is 1.23 bits per heavy atom. The van der Waals surface area contributed by atoms with Crippen LogP contribution in [0.2, 0.25) is 0 Å². The molecule has 1 aromatic carbocycles. The standard InChI is InChI=1S/C19H25N3O4/c20-16(23)12-22-10-7-14(8-11-22)17(24)21-19(18(25)26)9-3-5-13-4-1-2-6-15(13)19/h1-2,4,6,14H,3,5,7-12H2,(H2,20,23)(H,21,24)(H,25,26)/t19-/m0/s1. The molecule has 1 aliphatic heterocycles. The number of piperidine rings is 1. The van der Waals surface area contributed by atoms with Gasteiger partial charge in [0.15, 0.2) is 5.54 Å². The fourth-order valence-corrected chi connectivity index (χ4v) is 4.12. The number of fused-ring (bicyclic) bond motifs is 1. The number of carboxylic acids is 1. The van der Waals surface area contributed by atoms with Crippen molar-refractivity contribution in [3.05, 3.63) is 35.4 Å². The van der Waals surface area contributed by atoms with Crippen LogP contribution >= 0.6 is 0 Å². The lowest BCUT2D eigenvalue weighted by atomic mass is 9.76. The highest BCUT2D eigenvalue weighted by Gasteiger charge is 2.45. The van der Waals surface area contributed by atoms with Crippen molar-refractivity contribution < 1.29 is 19.5 Å². The fourth-order valence-electron chi connectivity index (χ4n) is 4.12. The van der Waals surface area contributed by atoms with Gasteiger partial charge in [-0.3, -0.25) is 14.5 Å². The minimum Gasteiger partial charge on any atom is -0.479 e.